The predicted octanol–water partition coefficient (Wildman–Crippen LogP) is 4.76. The number of unbranched alkanes of at least 4 members (excludes halogenated alkanes) is 1. The molecule has 2 rings (SSSR count). The maximum Gasteiger partial charge on any atom is 0.113 e. The van der Waals surface area contributed by atoms with Crippen molar-refractivity contribution in [1.82, 2.24) is 9.55 Å². The minimum atomic E-state index is 0.435. The van der Waals surface area contributed by atoms with E-state index in [4.69, 9.17) is 10.7 Å². The molecule has 3 nitrogen and oxygen atoms in total. The molecule has 0 saturated heterocycles. The first-order chi connectivity index (χ1) is 10.1. The minimum absolute atomic E-state index is 0.435. The van der Waals surface area contributed by atoms with Gasteiger partial charge in [0.1, 0.15) is 5.82 Å². The lowest BCUT2D eigenvalue weighted by Gasteiger charge is -2.19. The predicted molar refractivity (Wildman–Crippen MR) is 90.6 cm³/mol. The molecule has 1 aromatic carbocycles. The Balaban J connectivity index is 2.52. The van der Waals surface area contributed by atoms with Crippen molar-refractivity contribution in [3.63, 3.8) is 0 Å². The number of benzene rings is 1. The van der Waals surface area contributed by atoms with Gasteiger partial charge in [0.15, 0.2) is 0 Å². The third-order valence-corrected chi connectivity index (χ3v) is 4.30. The van der Waals surface area contributed by atoms with Gasteiger partial charge in [-0.3, -0.25) is 0 Å². The number of nitrogens with zero attached hydrogens (tertiary/aromatic N) is 2. The first-order valence-corrected chi connectivity index (χ1v) is 8.33. The lowest BCUT2D eigenvalue weighted by atomic mass is 9.98. The summed E-state index contributed by atoms with van der Waals surface area (Å²) in [5.74, 6) is 1.81. The number of aromatic nitrogens is 2. The van der Waals surface area contributed by atoms with Crippen molar-refractivity contribution in [2.24, 2.45) is 5.73 Å². The Morgan fingerprint density at radius 3 is 2.57 bits per heavy atom. The summed E-state index contributed by atoms with van der Waals surface area (Å²) < 4.78 is 2.42. The number of nitrogens with two attached hydrogens (primary N) is 1. The molecule has 0 radical (unpaired) electrons. The van der Waals surface area contributed by atoms with Crippen LogP contribution in [0.1, 0.15) is 76.7 Å². The summed E-state index contributed by atoms with van der Waals surface area (Å²) in [6.07, 6.45) is 4.90. The van der Waals surface area contributed by atoms with Gasteiger partial charge in [-0.1, -0.05) is 32.8 Å². The molecule has 116 valence electrons. The third-order valence-electron chi connectivity index (χ3n) is 4.30. The van der Waals surface area contributed by atoms with Crippen molar-refractivity contribution in [2.75, 3.05) is 0 Å². The Labute approximate surface area is 128 Å². The van der Waals surface area contributed by atoms with Gasteiger partial charge in [-0.2, -0.15) is 0 Å². The highest BCUT2D eigenvalue weighted by Gasteiger charge is 2.20. The fourth-order valence-corrected chi connectivity index (χ4v) is 3.09. The molecule has 1 unspecified atom stereocenters. The highest BCUT2D eigenvalue weighted by Crippen LogP contribution is 2.31. The zero-order chi connectivity index (χ0) is 15.4. The summed E-state index contributed by atoms with van der Waals surface area (Å²) in [6.45, 7) is 9.59. The van der Waals surface area contributed by atoms with Gasteiger partial charge in [-0.15, -0.1) is 0 Å². The van der Waals surface area contributed by atoms with Gasteiger partial charge in [0, 0.05) is 18.5 Å². The van der Waals surface area contributed by atoms with Gasteiger partial charge < -0.3 is 10.3 Å². The highest BCUT2D eigenvalue weighted by molar-refractivity contribution is 5.77. The average Bonchev–Trinajstić information content (AvgIpc) is 2.86. The summed E-state index contributed by atoms with van der Waals surface area (Å²) in [7, 11) is 0. The number of hydrogen-bond donors (Lipinski definition) is 1. The summed E-state index contributed by atoms with van der Waals surface area (Å²) in [6, 6.07) is 6.88. The van der Waals surface area contributed by atoms with Gasteiger partial charge >= 0.3 is 0 Å². The van der Waals surface area contributed by atoms with Crippen LogP contribution in [0.3, 0.4) is 0 Å². The Morgan fingerprint density at radius 2 is 2.00 bits per heavy atom. The topological polar surface area (TPSA) is 43.8 Å². The largest absolute Gasteiger partial charge is 0.326 e. The molecule has 0 aliphatic heterocycles. The molecule has 3 heteroatoms. The van der Waals surface area contributed by atoms with E-state index in [-0.39, 0.29) is 0 Å². The summed E-state index contributed by atoms with van der Waals surface area (Å²) in [4.78, 5) is 4.97. The lowest BCUT2D eigenvalue weighted by Crippen LogP contribution is -2.11. The molecule has 1 heterocycles. The Morgan fingerprint density at radius 1 is 1.24 bits per heavy atom. The monoisotopic (exact) mass is 287 g/mol. The molecule has 0 fully saturated rings. The lowest BCUT2D eigenvalue weighted by molar-refractivity contribution is 0.491. The first-order valence-electron chi connectivity index (χ1n) is 8.33. The molecule has 0 amide bonds. The van der Waals surface area contributed by atoms with E-state index in [9.17, 15) is 0 Å². The Kier molecular flexibility index (Phi) is 5.40. The number of fused-ring (bicyclic) bond motifs is 1. The Bertz CT molecular complexity index is 583. The van der Waals surface area contributed by atoms with Crippen molar-refractivity contribution in [2.45, 2.75) is 71.9 Å². The minimum Gasteiger partial charge on any atom is -0.326 e. The van der Waals surface area contributed by atoms with Crippen molar-refractivity contribution in [1.29, 1.82) is 0 Å². The first kappa shape index (κ1) is 16.0. The second-order valence-corrected chi connectivity index (χ2v) is 6.21. The smallest absolute Gasteiger partial charge is 0.113 e. The summed E-state index contributed by atoms with van der Waals surface area (Å²) >= 11 is 0. The maximum atomic E-state index is 5.76. The highest BCUT2D eigenvalue weighted by atomic mass is 15.1. The van der Waals surface area contributed by atoms with E-state index in [0.717, 1.165) is 17.5 Å². The van der Waals surface area contributed by atoms with Crippen LogP contribution in [-0.4, -0.2) is 9.55 Å². The molecule has 2 aromatic rings. The van der Waals surface area contributed by atoms with E-state index >= 15 is 0 Å². The third kappa shape index (κ3) is 3.29. The quantitative estimate of drug-likeness (QED) is 0.798. The number of rotatable bonds is 7. The molecule has 0 aliphatic rings. The number of imidazole rings is 1. The van der Waals surface area contributed by atoms with Crippen LogP contribution in [0, 0.1) is 0 Å². The van der Waals surface area contributed by atoms with Crippen molar-refractivity contribution < 1.29 is 0 Å². The molecule has 1 atom stereocenters. The fraction of sp³-hybridized carbons (Fsp3) is 0.611. The zero-order valence-corrected chi connectivity index (χ0v) is 13.9. The van der Waals surface area contributed by atoms with Crippen LogP contribution in [-0.2, 0) is 6.54 Å². The van der Waals surface area contributed by atoms with E-state index < -0.39 is 0 Å². The van der Waals surface area contributed by atoms with Crippen LogP contribution in [0.4, 0.5) is 0 Å². The van der Waals surface area contributed by atoms with E-state index in [2.05, 4.69) is 50.5 Å². The van der Waals surface area contributed by atoms with E-state index in [1.165, 1.54) is 30.6 Å². The van der Waals surface area contributed by atoms with Gasteiger partial charge in [0.05, 0.1) is 11.0 Å². The summed E-state index contributed by atoms with van der Waals surface area (Å²) in [5, 5.41) is 0. The van der Waals surface area contributed by atoms with Crippen LogP contribution in [0.25, 0.3) is 11.0 Å². The molecule has 2 N–H and O–H groups in total. The van der Waals surface area contributed by atoms with Crippen LogP contribution in [0.15, 0.2) is 18.2 Å². The van der Waals surface area contributed by atoms with Crippen LogP contribution >= 0.6 is 0 Å². The molecular weight excluding hydrogens is 258 g/mol. The maximum absolute atomic E-state index is 5.76. The molecule has 0 bridgehead atoms. The molecule has 0 aliphatic carbocycles. The zero-order valence-electron chi connectivity index (χ0n) is 13.9. The fourth-order valence-electron chi connectivity index (χ4n) is 3.09. The van der Waals surface area contributed by atoms with E-state index in [1.807, 2.05) is 0 Å². The van der Waals surface area contributed by atoms with Gasteiger partial charge in [0.25, 0.3) is 0 Å². The molecular formula is C18H29N3. The second kappa shape index (κ2) is 7.08. The van der Waals surface area contributed by atoms with E-state index in [0.29, 0.717) is 18.5 Å². The van der Waals surface area contributed by atoms with Crippen LogP contribution in [0.2, 0.25) is 0 Å². The normalized spacial score (nSPS) is 13.2. The van der Waals surface area contributed by atoms with Gasteiger partial charge in [-0.25, -0.2) is 4.98 Å². The average molecular weight is 287 g/mol. The molecule has 0 saturated carbocycles. The second-order valence-electron chi connectivity index (χ2n) is 6.21. The number of hydrogen-bond acceptors (Lipinski definition) is 2. The van der Waals surface area contributed by atoms with Crippen molar-refractivity contribution in [3.8, 4) is 0 Å². The van der Waals surface area contributed by atoms with Gasteiger partial charge in [-0.05, 0) is 44.4 Å². The van der Waals surface area contributed by atoms with E-state index in [1.54, 1.807) is 0 Å². The van der Waals surface area contributed by atoms with Crippen LogP contribution in [0.5, 0.6) is 0 Å². The molecule has 0 spiro atoms. The Hall–Kier alpha value is -1.35. The summed E-state index contributed by atoms with van der Waals surface area (Å²) in [5.41, 5.74) is 9.26. The van der Waals surface area contributed by atoms with Crippen molar-refractivity contribution >= 4 is 11.0 Å². The van der Waals surface area contributed by atoms with Crippen LogP contribution < -0.4 is 5.73 Å². The standard InChI is InChI=1S/C18H29N3/c1-5-7-8-15(6-2)18-20-16-11-14(12-19)9-10-17(16)21(18)13(3)4/h9-11,13,15H,5-8,12,19H2,1-4H3. The van der Waals surface area contributed by atoms with Gasteiger partial charge in [0.2, 0.25) is 0 Å². The van der Waals surface area contributed by atoms with Crippen molar-refractivity contribution in [3.05, 3.63) is 29.6 Å². The SMILES string of the molecule is CCCCC(CC)c1nc2cc(CN)ccc2n1C(C)C. The molecule has 1 aromatic heterocycles. The molecule has 21 heavy (non-hydrogen) atoms.